The summed E-state index contributed by atoms with van der Waals surface area (Å²) < 4.78 is 10.5. The third-order valence-corrected chi connectivity index (χ3v) is 5.14. The Balaban J connectivity index is 1.46. The van der Waals surface area contributed by atoms with Gasteiger partial charge in [0.1, 0.15) is 11.3 Å². The van der Waals surface area contributed by atoms with E-state index in [1.54, 1.807) is 24.3 Å². The van der Waals surface area contributed by atoms with Crippen LogP contribution in [0.25, 0.3) is 11.0 Å². The molecule has 1 aromatic heterocycles. The lowest BCUT2D eigenvalue weighted by Crippen LogP contribution is -2.18. The van der Waals surface area contributed by atoms with Gasteiger partial charge in [-0.3, -0.25) is 4.79 Å². The van der Waals surface area contributed by atoms with Gasteiger partial charge < -0.3 is 9.15 Å². The lowest BCUT2D eigenvalue weighted by molar-refractivity contribution is -0.135. The van der Waals surface area contributed by atoms with Gasteiger partial charge in [-0.15, -0.1) is 0 Å². The van der Waals surface area contributed by atoms with Gasteiger partial charge in [-0.25, -0.2) is 4.79 Å². The summed E-state index contributed by atoms with van der Waals surface area (Å²) in [6.07, 6.45) is 5.56. The molecule has 1 aromatic carbocycles. The molecule has 2 saturated carbocycles. The van der Waals surface area contributed by atoms with Gasteiger partial charge in [0.15, 0.2) is 0 Å². The van der Waals surface area contributed by atoms with Crippen molar-refractivity contribution in [3.63, 3.8) is 0 Å². The van der Waals surface area contributed by atoms with E-state index in [2.05, 4.69) is 0 Å². The van der Waals surface area contributed by atoms with Gasteiger partial charge in [-0.05, 0) is 55.2 Å². The van der Waals surface area contributed by atoms with Crippen LogP contribution in [0.2, 0.25) is 0 Å². The Hall–Kier alpha value is -2.10. The number of carbonyl (C=O) groups excluding carboxylic acids is 1. The van der Waals surface area contributed by atoms with Crippen LogP contribution >= 0.6 is 0 Å². The highest BCUT2D eigenvalue weighted by molar-refractivity contribution is 5.79. The maximum atomic E-state index is 12.1. The fourth-order valence-corrected chi connectivity index (χ4v) is 4.12. The molecular formula is C18H18O4. The average molecular weight is 298 g/mol. The lowest BCUT2D eigenvalue weighted by Gasteiger charge is -2.20. The van der Waals surface area contributed by atoms with Crippen molar-refractivity contribution in [2.24, 2.45) is 17.8 Å². The number of ether oxygens (including phenoxy) is 1. The Morgan fingerprint density at radius 1 is 1.18 bits per heavy atom. The molecule has 2 fully saturated rings. The van der Waals surface area contributed by atoms with Crippen molar-refractivity contribution in [3.05, 3.63) is 40.8 Å². The van der Waals surface area contributed by atoms with E-state index in [-0.39, 0.29) is 5.97 Å². The SMILES string of the molecule is O=C(C[C@@H]1C[C@@H]2CC[C@@H]1C2)Oc1ccc2ccc(=O)oc2c1. The molecule has 0 unspecified atom stereocenters. The summed E-state index contributed by atoms with van der Waals surface area (Å²) in [5.74, 6) is 2.29. The molecule has 4 rings (SSSR count). The van der Waals surface area contributed by atoms with E-state index in [1.165, 1.54) is 31.7 Å². The zero-order valence-corrected chi connectivity index (χ0v) is 12.3. The van der Waals surface area contributed by atoms with E-state index in [1.807, 2.05) is 0 Å². The third-order valence-electron chi connectivity index (χ3n) is 5.14. The molecule has 0 amide bonds. The summed E-state index contributed by atoms with van der Waals surface area (Å²) in [6.45, 7) is 0. The first kappa shape index (κ1) is 13.6. The van der Waals surface area contributed by atoms with Crippen LogP contribution < -0.4 is 10.4 Å². The first-order chi connectivity index (χ1) is 10.7. The molecule has 2 aromatic rings. The van der Waals surface area contributed by atoms with Crippen LogP contribution in [0.15, 0.2) is 39.5 Å². The van der Waals surface area contributed by atoms with Crippen molar-refractivity contribution in [2.45, 2.75) is 32.1 Å². The first-order valence-corrected chi connectivity index (χ1v) is 7.92. The smallest absolute Gasteiger partial charge is 0.336 e. The molecule has 2 aliphatic carbocycles. The topological polar surface area (TPSA) is 56.5 Å². The van der Waals surface area contributed by atoms with Crippen molar-refractivity contribution in [2.75, 3.05) is 0 Å². The number of benzene rings is 1. The molecule has 0 radical (unpaired) electrons. The minimum Gasteiger partial charge on any atom is -0.426 e. The Kier molecular flexibility index (Phi) is 3.25. The second-order valence-corrected chi connectivity index (χ2v) is 6.57. The summed E-state index contributed by atoms with van der Waals surface area (Å²) in [7, 11) is 0. The van der Waals surface area contributed by atoms with Crippen molar-refractivity contribution in [3.8, 4) is 5.75 Å². The van der Waals surface area contributed by atoms with Crippen molar-refractivity contribution in [1.29, 1.82) is 0 Å². The van der Waals surface area contributed by atoms with Crippen LogP contribution in [0, 0.1) is 17.8 Å². The van der Waals surface area contributed by atoms with E-state index in [9.17, 15) is 9.59 Å². The fraction of sp³-hybridized carbons (Fsp3) is 0.444. The molecule has 2 aliphatic rings. The van der Waals surface area contributed by atoms with E-state index < -0.39 is 5.63 Å². The highest BCUT2D eigenvalue weighted by Gasteiger charge is 2.40. The Bertz CT molecular complexity index is 776. The normalized spacial score (nSPS) is 26.5. The third kappa shape index (κ3) is 2.54. The van der Waals surface area contributed by atoms with Gasteiger partial charge in [0.25, 0.3) is 0 Å². The summed E-state index contributed by atoms with van der Waals surface area (Å²) in [6, 6.07) is 8.21. The van der Waals surface area contributed by atoms with E-state index in [0.717, 1.165) is 11.3 Å². The van der Waals surface area contributed by atoms with Gasteiger partial charge in [0, 0.05) is 23.9 Å². The molecule has 22 heavy (non-hydrogen) atoms. The van der Waals surface area contributed by atoms with E-state index in [4.69, 9.17) is 9.15 Å². The summed E-state index contributed by atoms with van der Waals surface area (Å²) in [5.41, 5.74) is 0.0377. The summed E-state index contributed by atoms with van der Waals surface area (Å²) in [5, 5.41) is 0.813. The van der Waals surface area contributed by atoms with Crippen molar-refractivity contribution in [1.82, 2.24) is 0 Å². The second kappa shape index (κ2) is 5.27. The van der Waals surface area contributed by atoms with Crippen LogP contribution in [0.4, 0.5) is 0 Å². The van der Waals surface area contributed by atoms with Crippen LogP contribution in [0.5, 0.6) is 5.75 Å². The van der Waals surface area contributed by atoms with Gasteiger partial charge in [0.2, 0.25) is 0 Å². The molecule has 4 heteroatoms. The summed E-state index contributed by atoms with van der Waals surface area (Å²) >= 11 is 0. The van der Waals surface area contributed by atoms with Crippen molar-refractivity contribution >= 4 is 16.9 Å². The largest absolute Gasteiger partial charge is 0.426 e. The van der Waals surface area contributed by atoms with Gasteiger partial charge >= 0.3 is 11.6 Å². The van der Waals surface area contributed by atoms with Crippen LogP contribution in [0.1, 0.15) is 32.1 Å². The molecule has 2 bridgehead atoms. The molecule has 0 N–H and O–H groups in total. The Labute approximate surface area is 128 Å². The highest BCUT2D eigenvalue weighted by Crippen LogP contribution is 2.49. The Morgan fingerprint density at radius 3 is 2.82 bits per heavy atom. The molecular weight excluding hydrogens is 280 g/mol. The molecule has 0 spiro atoms. The zero-order chi connectivity index (χ0) is 15.1. The average Bonchev–Trinajstić information content (AvgIpc) is 3.09. The van der Waals surface area contributed by atoms with Gasteiger partial charge in [0.05, 0.1) is 0 Å². The maximum Gasteiger partial charge on any atom is 0.336 e. The number of carbonyl (C=O) groups is 1. The number of hydrogen-bond acceptors (Lipinski definition) is 4. The molecule has 0 aliphatic heterocycles. The highest BCUT2D eigenvalue weighted by atomic mass is 16.5. The van der Waals surface area contributed by atoms with Crippen LogP contribution in [-0.2, 0) is 4.79 Å². The molecule has 0 saturated heterocycles. The number of fused-ring (bicyclic) bond motifs is 3. The minimum absolute atomic E-state index is 0.185. The standard InChI is InChI=1S/C18H18O4/c19-17-6-4-12-3-5-15(10-16(12)22-17)21-18(20)9-14-8-11-1-2-13(14)7-11/h3-6,10-11,13-14H,1-2,7-9H2/t11-,13-,14+/m1/s1. The number of hydrogen-bond donors (Lipinski definition) is 0. The van der Waals surface area contributed by atoms with E-state index in [0.29, 0.717) is 29.6 Å². The fourth-order valence-electron chi connectivity index (χ4n) is 4.12. The summed E-state index contributed by atoms with van der Waals surface area (Å²) in [4.78, 5) is 23.4. The Morgan fingerprint density at radius 2 is 2.05 bits per heavy atom. The predicted molar refractivity (Wildman–Crippen MR) is 81.7 cm³/mol. The second-order valence-electron chi connectivity index (χ2n) is 6.57. The van der Waals surface area contributed by atoms with Crippen LogP contribution in [-0.4, -0.2) is 5.97 Å². The predicted octanol–water partition coefficient (Wildman–Crippen LogP) is 3.52. The van der Waals surface area contributed by atoms with Crippen molar-refractivity contribution < 1.29 is 13.9 Å². The lowest BCUT2D eigenvalue weighted by atomic mass is 9.86. The molecule has 4 nitrogen and oxygen atoms in total. The quantitative estimate of drug-likeness (QED) is 0.494. The first-order valence-electron chi connectivity index (χ1n) is 7.92. The molecule has 114 valence electrons. The zero-order valence-electron chi connectivity index (χ0n) is 12.3. The monoisotopic (exact) mass is 298 g/mol. The van der Waals surface area contributed by atoms with Gasteiger partial charge in [-0.2, -0.15) is 0 Å². The molecule has 1 heterocycles. The minimum atomic E-state index is -0.405. The van der Waals surface area contributed by atoms with Gasteiger partial charge in [-0.1, -0.05) is 6.42 Å². The number of esters is 1. The van der Waals surface area contributed by atoms with E-state index >= 15 is 0 Å². The van der Waals surface area contributed by atoms with Crippen LogP contribution in [0.3, 0.4) is 0 Å². The number of rotatable bonds is 3. The molecule has 3 atom stereocenters. The maximum absolute atomic E-state index is 12.1.